The second kappa shape index (κ2) is 8.46. The smallest absolute Gasteiger partial charge is 0.303 e. The average Bonchev–Trinajstić information content (AvgIpc) is 2.72. The molecule has 2 N–H and O–H groups in total. The highest BCUT2D eigenvalue weighted by Gasteiger charge is 2.46. The molecule has 0 amide bonds. The van der Waals surface area contributed by atoms with Crippen molar-refractivity contribution in [1.82, 2.24) is 0 Å². The molecule has 3 unspecified atom stereocenters. The van der Waals surface area contributed by atoms with Crippen molar-refractivity contribution < 1.29 is 23.9 Å². The van der Waals surface area contributed by atoms with Crippen molar-refractivity contribution in [2.24, 2.45) is 5.92 Å². The molecule has 6 heteroatoms. The third-order valence-corrected chi connectivity index (χ3v) is 9.18. The van der Waals surface area contributed by atoms with Crippen LogP contribution in [0.25, 0.3) is 0 Å². The number of carbonyl (C=O) groups is 1. The van der Waals surface area contributed by atoms with Crippen LogP contribution in [-0.4, -0.2) is 37.9 Å². The van der Waals surface area contributed by atoms with Crippen LogP contribution in [0.4, 0.5) is 0 Å². The maximum Gasteiger partial charge on any atom is 0.303 e. The monoisotopic (exact) mass is 437 g/mol. The number of carboxylic acid groups (broad SMARTS) is 1. The molecule has 2 heterocycles. The highest BCUT2D eigenvalue weighted by molar-refractivity contribution is 8.17. The molecule has 0 bridgehead atoms. The Bertz CT molecular complexity index is 911. The minimum Gasteiger partial charge on any atom is -0.507 e. The Morgan fingerprint density at radius 2 is 2.17 bits per heavy atom. The Kier molecular flexibility index (Phi) is 5.08. The van der Waals surface area contributed by atoms with E-state index in [9.17, 15) is 9.90 Å². The van der Waals surface area contributed by atoms with Crippen LogP contribution in [-0.2, 0) is 11.2 Å². The van der Waals surface area contributed by atoms with Gasteiger partial charge in [0.1, 0.15) is 17.1 Å². The van der Waals surface area contributed by atoms with Gasteiger partial charge in [0.15, 0.2) is 0 Å². The zero-order valence-electron chi connectivity index (χ0n) is 19.6. The molecular formula is C23H30O4S2. The minimum absolute atomic E-state index is 0.0409. The van der Waals surface area contributed by atoms with Gasteiger partial charge in [-0.1, -0.05) is 11.6 Å². The summed E-state index contributed by atoms with van der Waals surface area (Å²) in [7, 11) is 0. The number of aromatic hydroxyl groups is 1. The van der Waals surface area contributed by atoms with Crippen LogP contribution in [0.1, 0.15) is 67.0 Å². The lowest BCUT2D eigenvalue weighted by atomic mass is 9.68. The molecule has 29 heavy (non-hydrogen) atoms. The normalized spacial score (nSPS) is 31.3. The van der Waals surface area contributed by atoms with Gasteiger partial charge in [-0.2, -0.15) is 0 Å². The second-order valence-electron chi connectivity index (χ2n) is 8.32. The van der Waals surface area contributed by atoms with E-state index in [1.807, 2.05) is 23.5 Å². The van der Waals surface area contributed by atoms with E-state index >= 15 is 0 Å². The van der Waals surface area contributed by atoms with Crippen LogP contribution in [0, 0.1) is 5.92 Å². The number of aryl methyl sites for hydroxylation is 1. The van der Waals surface area contributed by atoms with Crippen LogP contribution in [0.15, 0.2) is 23.8 Å². The first-order valence-electron chi connectivity index (χ1n) is 11.8. The number of allylic oxidation sites excluding steroid dienone is 1. The average molecular weight is 438 g/mol. The summed E-state index contributed by atoms with van der Waals surface area (Å²) in [5, 5.41) is 19.9. The first-order chi connectivity index (χ1) is 15.1. The third kappa shape index (κ3) is 4.43. The van der Waals surface area contributed by atoms with Crippen molar-refractivity contribution in [3.63, 3.8) is 0 Å². The Morgan fingerprint density at radius 1 is 1.38 bits per heavy atom. The molecule has 2 aliphatic heterocycles. The van der Waals surface area contributed by atoms with Gasteiger partial charge in [-0.05, 0) is 75.1 Å². The zero-order chi connectivity index (χ0) is 23.1. The van der Waals surface area contributed by atoms with Crippen molar-refractivity contribution in [2.75, 3.05) is 11.5 Å². The van der Waals surface area contributed by atoms with E-state index < -0.39 is 18.4 Å². The molecule has 3 atom stereocenters. The molecule has 0 spiro atoms. The number of phenolic OH excluding ortho intramolecular Hbond substituents is 1. The Hall–Kier alpha value is -1.27. The van der Waals surface area contributed by atoms with Crippen LogP contribution in [0.5, 0.6) is 11.5 Å². The number of rotatable bonds is 5. The minimum atomic E-state index is -2.32. The van der Waals surface area contributed by atoms with E-state index in [1.165, 1.54) is 12.0 Å². The van der Waals surface area contributed by atoms with Crippen molar-refractivity contribution >= 4 is 29.5 Å². The molecule has 1 aromatic rings. The number of ether oxygens (including phenoxy) is 1. The fourth-order valence-electron chi connectivity index (χ4n) is 4.71. The van der Waals surface area contributed by atoms with Crippen molar-refractivity contribution in [1.29, 1.82) is 0 Å². The lowest BCUT2D eigenvalue weighted by molar-refractivity contribution is -0.137. The van der Waals surface area contributed by atoms with Gasteiger partial charge in [-0.25, -0.2) is 0 Å². The topological polar surface area (TPSA) is 66.8 Å². The number of benzene rings is 1. The summed E-state index contributed by atoms with van der Waals surface area (Å²) < 4.78 is 31.4. The predicted octanol–water partition coefficient (Wildman–Crippen LogP) is 5.59. The first-order valence-corrected chi connectivity index (χ1v) is 12.4. The lowest BCUT2D eigenvalue weighted by Gasteiger charge is -2.47. The molecule has 0 saturated carbocycles. The van der Waals surface area contributed by atoms with Gasteiger partial charge < -0.3 is 14.9 Å². The summed E-state index contributed by atoms with van der Waals surface area (Å²) in [6.07, 6.45) is 5.94. The Morgan fingerprint density at radius 3 is 2.90 bits per heavy atom. The maximum atomic E-state index is 11.0. The van der Waals surface area contributed by atoms with Crippen molar-refractivity contribution in [3.8, 4) is 11.5 Å². The van der Waals surface area contributed by atoms with Gasteiger partial charge in [0.2, 0.25) is 0 Å². The molecule has 158 valence electrons. The largest absolute Gasteiger partial charge is 0.507 e. The summed E-state index contributed by atoms with van der Waals surface area (Å²) in [5.74, 6) is 1.47. The summed E-state index contributed by atoms with van der Waals surface area (Å²) in [4.78, 5) is 10.9. The number of fused-ring (bicyclic) bond motifs is 3. The summed E-state index contributed by atoms with van der Waals surface area (Å²) in [6.45, 7) is -0.639. The summed E-state index contributed by atoms with van der Waals surface area (Å²) >= 11 is 3.91. The van der Waals surface area contributed by atoms with E-state index in [0.29, 0.717) is 35.2 Å². The van der Waals surface area contributed by atoms with Crippen LogP contribution in [0.3, 0.4) is 0 Å². The van der Waals surface area contributed by atoms with Gasteiger partial charge in [-0.15, -0.1) is 23.5 Å². The fraction of sp³-hybridized carbons (Fsp3) is 0.609. The molecule has 0 aromatic heterocycles. The van der Waals surface area contributed by atoms with Gasteiger partial charge in [0.05, 0.1) is 4.58 Å². The quantitative estimate of drug-likeness (QED) is 0.586. The van der Waals surface area contributed by atoms with Crippen LogP contribution < -0.4 is 4.74 Å². The maximum absolute atomic E-state index is 11.0. The predicted molar refractivity (Wildman–Crippen MR) is 120 cm³/mol. The Labute approximate surface area is 185 Å². The molecule has 1 saturated heterocycles. The molecular weight excluding hydrogens is 404 g/mol. The number of thioether (sulfide) groups is 2. The van der Waals surface area contributed by atoms with Gasteiger partial charge in [0, 0.05) is 27.9 Å². The second-order valence-corrected chi connectivity index (χ2v) is 11.0. The van der Waals surface area contributed by atoms with E-state index in [2.05, 4.69) is 6.08 Å². The number of hydrogen-bond acceptors (Lipinski definition) is 5. The molecule has 1 fully saturated rings. The number of phenols is 1. The standard InChI is InChI=1S/C23H30O4S2/c1-23(2)17-8-7-15(22-28-9-4-10-29-22)13-16(17)21-18(24)11-14(12-19(21)27-23)5-3-6-20(25)26/h11-13,16-17,22,24H,3-10H2,1-2H3,(H,25,26)/i1D3. The lowest BCUT2D eigenvalue weighted by Crippen LogP contribution is -2.45. The summed E-state index contributed by atoms with van der Waals surface area (Å²) in [5.41, 5.74) is 1.41. The SMILES string of the molecule is [2H]C([2H])([2H])C1(C)Oc2cc(CCCC(=O)O)cc(O)c2C2C=C(C3SCCCS3)CCC21. The molecule has 1 aliphatic carbocycles. The van der Waals surface area contributed by atoms with Gasteiger partial charge >= 0.3 is 5.97 Å². The van der Waals surface area contributed by atoms with Crippen molar-refractivity contribution in [3.05, 3.63) is 34.9 Å². The zero-order valence-corrected chi connectivity index (χ0v) is 18.3. The highest BCUT2D eigenvalue weighted by Crippen LogP contribution is 2.55. The Balaban J connectivity index is 1.74. The molecule has 4 rings (SSSR count). The molecule has 1 aromatic carbocycles. The van der Waals surface area contributed by atoms with Gasteiger partial charge in [0.25, 0.3) is 0 Å². The molecule has 3 aliphatic rings. The van der Waals surface area contributed by atoms with Gasteiger partial charge in [-0.3, -0.25) is 4.79 Å². The van der Waals surface area contributed by atoms with Crippen LogP contribution >= 0.6 is 23.5 Å². The van der Waals surface area contributed by atoms with E-state index in [0.717, 1.165) is 23.5 Å². The van der Waals surface area contributed by atoms with E-state index in [1.54, 1.807) is 19.1 Å². The highest BCUT2D eigenvalue weighted by atomic mass is 32.2. The first kappa shape index (κ1) is 17.4. The van der Waals surface area contributed by atoms with Crippen LogP contribution in [0.2, 0.25) is 0 Å². The van der Waals surface area contributed by atoms with E-state index in [-0.39, 0.29) is 24.0 Å². The summed E-state index contributed by atoms with van der Waals surface area (Å²) in [6, 6.07) is 3.48. The van der Waals surface area contributed by atoms with E-state index in [4.69, 9.17) is 14.0 Å². The third-order valence-electron chi connectivity index (χ3n) is 6.10. The van der Waals surface area contributed by atoms with Crippen molar-refractivity contribution in [2.45, 2.75) is 68.4 Å². The fourth-order valence-corrected chi connectivity index (χ4v) is 7.73. The number of hydrogen-bond donors (Lipinski definition) is 2. The molecule has 4 nitrogen and oxygen atoms in total. The molecule has 0 radical (unpaired) electrons. The number of aliphatic carboxylic acids is 1. The number of carboxylic acids is 1.